The predicted octanol–water partition coefficient (Wildman–Crippen LogP) is 1.93. The van der Waals surface area contributed by atoms with Crippen LogP contribution in [0, 0.1) is 0 Å². The van der Waals surface area contributed by atoms with Crippen molar-refractivity contribution in [3.8, 4) is 0 Å². The van der Waals surface area contributed by atoms with E-state index in [2.05, 4.69) is 16.8 Å². The zero-order chi connectivity index (χ0) is 14.7. The summed E-state index contributed by atoms with van der Waals surface area (Å²) in [5.41, 5.74) is 0.730. The average Bonchev–Trinajstić information content (AvgIpc) is 2.55. The molecule has 0 saturated carbocycles. The molecule has 2 saturated heterocycles. The van der Waals surface area contributed by atoms with Gasteiger partial charge in [-0.1, -0.05) is 0 Å². The first kappa shape index (κ1) is 14.3. The summed E-state index contributed by atoms with van der Waals surface area (Å²) in [7, 11) is 0. The Morgan fingerprint density at radius 2 is 2.10 bits per heavy atom. The molecule has 1 aromatic rings. The molecule has 2 aliphatic heterocycles. The number of ether oxygens (including phenoxy) is 1. The minimum absolute atomic E-state index is 0.0826. The van der Waals surface area contributed by atoms with Crippen molar-refractivity contribution in [3.05, 3.63) is 23.9 Å². The van der Waals surface area contributed by atoms with E-state index in [0.29, 0.717) is 32.3 Å². The van der Waals surface area contributed by atoms with Gasteiger partial charge >= 0.3 is 0 Å². The maximum Gasteiger partial charge on any atom is 0.257 e. The Hall–Kier alpha value is -1.62. The summed E-state index contributed by atoms with van der Waals surface area (Å²) in [4.78, 5) is 21.5. The van der Waals surface area contributed by atoms with Gasteiger partial charge in [-0.3, -0.25) is 4.79 Å². The maximum atomic E-state index is 12.8. The molecule has 2 fully saturated rings. The molecule has 114 valence electrons. The molecular weight excluding hydrogens is 266 g/mol. The van der Waals surface area contributed by atoms with Crippen molar-refractivity contribution in [2.45, 2.75) is 32.2 Å². The lowest BCUT2D eigenvalue weighted by Gasteiger charge is -2.36. The minimum atomic E-state index is 0.0826. The highest BCUT2D eigenvalue weighted by molar-refractivity contribution is 5.99. The van der Waals surface area contributed by atoms with Crippen molar-refractivity contribution in [3.63, 3.8) is 0 Å². The second-order valence-electron chi connectivity index (χ2n) is 5.82. The summed E-state index contributed by atoms with van der Waals surface area (Å²) in [5, 5.41) is 0. The zero-order valence-electron chi connectivity index (χ0n) is 12.6. The molecule has 1 amide bonds. The summed E-state index contributed by atoms with van der Waals surface area (Å²) in [5.74, 6) is 0.931. The summed E-state index contributed by atoms with van der Waals surface area (Å²) in [6, 6.07) is 4.21. The van der Waals surface area contributed by atoms with Crippen LogP contribution in [-0.4, -0.2) is 54.7 Å². The van der Waals surface area contributed by atoms with Crippen LogP contribution in [0.3, 0.4) is 0 Å². The largest absolute Gasteiger partial charge is 0.378 e. The number of pyridine rings is 1. The van der Waals surface area contributed by atoms with Gasteiger partial charge in [0, 0.05) is 31.9 Å². The average molecular weight is 289 g/mol. The molecule has 0 radical (unpaired) electrons. The molecule has 2 aliphatic rings. The second-order valence-corrected chi connectivity index (χ2v) is 5.82. The van der Waals surface area contributed by atoms with Gasteiger partial charge in [0.25, 0.3) is 5.91 Å². The summed E-state index contributed by atoms with van der Waals surface area (Å²) >= 11 is 0. The highest BCUT2D eigenvalue weighted by Crippen LogP contribution is 2.26. The van der Waals surface area contributed by atoms with Crippen LogP contribution < -0.4 is 4.90 Å². The van der Waals surface area contributed by atoms with Gasteiger partial charge in [-0.25, -0.2) is 4.98 Å². The van der Waals surface area contributed by atoms with Gasteiger partial charge in [0.2, 0.25) is 0 Å². The lowest BCUT2D eigenvalue weighted by atomic mass is 10.0. The number of morpholine rings is 1. The van der Waals surface area contributed by atoms with Crippen LogP contribution in [0.4, 0.5) is 5.82 Å². The Balaban J connectivity index is 1.86. The van der Waals surface area contributed by atoms with Crippen molar-refractivity contribution in [2.75, 3.05) is 37.7 Å². The van der Waals surface area contributed by atoms with E-state index in [1.807, 2.05) is 17.0 Å². The van der Waals surface area contributed by atoms with Gasteiger partial charge in [-0.05, 0) is 38.3 Å². The molecule has 0 spiro atoms. The highest BCUT2D eigenvalue weighted by atomic mass is 16.5. The smallest absolute Gasteiger partial charge is 0.257 e. The maximum absolute atomic E-state index is 12.8. The van der Waals surface area contributed by atoms with Crippen LogP contribution in [-0.2, 0) is 4.74 Å². The number of hydrogen-bond acceptors (Lipinski definition) is 4. The van der Waals surface area contributed by atoms with E-state index in [1.165, 1.54) is 19.3 Å². The van der Waals surface area contributed by atoms with Gasteiger partial charge in [0.1, 0.15) is 5.82 Å². The molecule has 21 heavy (non-hydrogen) atoms. The Morgan fingerprint density at radius 3 is 2.86 bits per heavy atom. The van der Waals surface area contributed by atoms with Crippen LogP contribution in [0.25, 0.3) is 0 Å². The fourth-order valence-corrected chi connectivity index (χ4v) is 3.14. The lowest BCUT2D eigenvalue weighted by molar-refractivity contribution is 0.0303. The zero-order valence-corrected chi connectivity index (χ0v) is 12.6. The fourth-order valence-electron chi connectivity index (χ4n) is 3.14. The molecule has 1 aromatic heterocycles. The van der Waals surface area contributed by atoms with Gasteiger partial charge in [-0.2, -0.15) is 0 Å². The van der Waals surface area contributed by atoms with E-state index in [9.17, 15) is 4.79 Å². The lowest BCUT2D eigenvalue weighted by Crippen LogP contribution is -2.43. The number of amides is 1. The molecule has 0 bridgehead atoms. The van der Waals surface area contributed by atoms with Crippen molar-refractivity contribution in [1.82, 2.24) is 9.88 Å². The van der Waals surface area contributed by atoms with Crippen LogP contribution >= 0.6 is 0 Å². The number of anilines is 1. The SMILES string of the molecule is C[C@H]1CCCCN1c1ncccc1C(=O)N1CCOCC1. The number of hydrogen-bond donors (Lipinski definition) is 0. The van der Waals surface area contributed by atoms with E-state index in [-0.39, 0.29) is 5.91 Å². The molecule has 5 heteroatoms. The molecule has 3 heterocycles. The number of rotatable bonds is 2. The monoisotopic (exact) mass is 289 g/mol. The number of aromatic nitrogens is 1. The Labute approximate surface area is 125 Å². The Morgan fingerprint density at radius 1 is 1.29 bits per heavy atom. The molecule has 0 unspecified atom stereocenters. The number of nitrogens with zero attached hydrogens (tertiary/aromatic N) is 3. The number of carbonyl (C=O) groups excluding carboxylic acids is 1. The molecule has 0 aromatic carbocycles. The molecule has 3 rings (SSSR count). The fraction of sp³-hybridized carbons (Fsp3) is 0.625. The number of carbonyl (C=O) groups is 1. The first-order valence-corrected chi connectivity index (χ1v) is 7.86. The first-order chi connectivity index (χ1) is 10.3. The molecule has 5 nitrogen and oxygen atoms in total. The van der Waals surface area contributed by atoms with E-state index in [1.54, 1.807) is 6.20 Å². The highest BCUT2D eigenvalue weighted by Gasteiger charge is 2.27. The molecule has 0 aliphatic carbocycles. The van der Waals surface area contributed by atoms with Crippen molar-refractivity contribution in [1.29, 1.82) is 0 Å². The Bertz CT molecular complexity index is 500. The molecule has 0 N–H and O–H groups in total. The minimum Gasteiger partial charge on any atom is -0.378 e. The number of piperidine rings is 1. The molecular formula is C16H23N3O2. The predicted molar refractivity (Wildman–Crippen MR) is 81.6 cm³/mol. The third-order valence-corrected chi connectivity index (χ3v) is 4.39. The van der Waals surface area contributed by atoms with Crippen molar-refractivity contribution >= 4 is 11.7 Å². The van der Waals surface area contributed by atoms with E-state index >= 15 is 0 Å². The third-order valence-electron chi connectivity index (χ3n) is 4.39. The normalized spacial score (nSPS) is 23.2. The quantitative estimate of drug-likeness (QED) is 0.834. The Kier molecular flexibility index (Phi) is 4.39. The van der Waals surface area contributed by atoms with E-state index in [0.717, 1.165) is 17.9 Å². The van der Waals surface area contributed by atoms with E-state index in [4.69, 9.17) is 4.74 Å². The summed E-state index contributed by atoms with van der Waals surface area (Å²) < 4.78 is 5.33. The van der Waals surface area contributed by atoms with E-state index < -0.39 is 0 Å². The van der Waals surface area contributed by atoms with Gasteiger partial charge in [0.05, 0.1) is 18.8 Å². The van der Waals surface area contributed by atoms with Crippen LogP contribution in [0.1, 0.15) is 36.5 Å². The van der Waals surface area contributed by atoms with Crippen LogP contribution in [0.2, 0.25) is 0 Å². The molecule has 1 atom stereocenters. The van der Waals surface area contributed by atoms with Gasteiger partial charge < -0.3 is 14.5 Å². The topological polar surface area (TPSA) is 45.7 Å². The van der Waals surface area contributed by atoms with Crippen molar-refractivity contribution in [2.24, 2.45) is 0 Å². The van der Waals surface area contributed by atoms with Crippen LogP contribution in [0.5, 0.6) is 0 Å². The summed E-state index contributed by atoms with van der Waals surface area (Å²) in [6.07, 6.45) is 5.39. The summed E-state index contributed by atoms with van der Waals surface area (Å²) in [6.45, 7) is 5.80. The van der Waals surface area contributed by atoms with Gasteiger partial charge in [-0.15, -0.1) is 0 Å². The van der Waals surface area contributed by atoms with Gasteiger partial charge in [0.15, 0.2) is 0 Å². The first-order valence-electron chi connectivity index (χ1n) is 7.86. The third kappa shape index (κ3) is 3.02. The standard InChI is InChI=1S/C16H23N3O2/c1-13-5-2-3-8-19(13)15-14(6-4-7-17-15)16(20)18-9-11-21-12-10-18/h4,6-7,13H,2-3,5,8-12H2,1H3/t13-/m0/s1. The second kappa shape index (κ2) is 6.43. The van der Waals surface area contributed by atoms with Crippen LogP contribution in [0.15, 0.2) is 18.3 Å². The van der Waals surface area contributed by atoms with Crippen molar-refractivity contribution < 1.29 is 9.53 Å².